The smallest absolute Gasteiger partial charge is 0.331 e. The number of likely N-dealkylation sites (N-methyl/N-ethyl adjacent to an activating group) is 1. The number of para-hydroxylation sites is 1. The number of rotatable bonds is 7. The summed E-state index contributed by atoms with van der Waals surface area (Å²) < 4.78 is 15.2. The minimum absolute atomic E-state index is 0.299. The van der Waals surface area contributed by atoms with Gasteiger partial charge in [-0.25, -0.2) is 4.79 Å². The molecule has 0 heterocycles. The van der Waals surface area contributed by atoms with Gasteiger partial charge in [-0.3, -0.25) is 4.79 Å². The molecule has 0 saturated carbocycles. The number of carbonyl (C=O) groups is 2. The Labute approximate surface area is 123 Å². The first kappa shape index (κ1) is 16.6. The Bertz CT molecular complexity index is 525. The van der Waals surface area contributed by atoms with Crippen LogP contribution in [0.1, 0.15) is 12.5 Å². The molecule has 0 unspecified atom stereocenters. The van der Waals surface area contributed by atoms with Crippen molar-refractivity contribution in [3.05, 3.63) is 29.8 Å². The van der Waals surface area contributed by atoms with Gasteiger partial charge in [0.2, 0.25) is 0 Å². The van der Waals surface area contributed by atoms with E-state index in [1.165, 1.54) is 20.3 Å². The van der Waals surface area contributed by atoms with Gasteiger partial charge < -0.3 is 19.5 Å². The number of amides is 1. The molecule has 1 amide bonds. The molecule has 6 nitrogen and oxygen atoms in total. The first-order valence-corrected chi connectivity index (χ1v) is 6.44. The second kappa shape index (κ2) is 8.63. The van der Waals surface area contributed by atoms with Crippen molar-refractivity contribution in [2.45, 2.75) is 6.92 Å². The molecule has 0 aliphatic heterocycles. The fraction of sp³-hybridized carbons (Fsp3) is 0.333. The van der Waals surface area contributed by atoms with Crippen LogP contribution in [0.2, 0.25) is 0 Å². The van der Waals surface area contributed by atoms with Crippen molar-refractivity contribution in [3.8, 4) is 11.5 Å². The summed E-state index contributed by atoms with van der Waals surface area (Å²) in [6.45, 7) is 1.98. The topological polar surface area (TPSA) is 73.9 Å². The molecule has 1 aromatic carbocycles. The number of hydrogen-bond acceptors (Lipinski definition) is 5. The van der Waals surface area contributed by atoms with Crippen LogP contribution in [0.5, 0.6) is 11.5 Å². The summed E-state index contributed by atoms with van der Waals surface area (Å²) in [7, 11) is 3.05. The van der Waals surface area contributed by atoms with Crippen molar-refractivity contribution in [2.75, 3.05) is 27.4 Å². The van der Waals surface area contributed by atoms with Gasteiger partial charge in [0.05, 0.1) is 14.2 Å². The molecule has 1 N–H and O–H groups in total. The Morgan fingerprint density at radius 3 is 2.62 bits per heavy atom. The summed E-state index contributed by atoms with van der Waals surface area (Å²) in [5.41, 5.74) is 0.673. The van der Waals surface area contributed by atoms with E-state index in [2.05, 4.69) is 5.32 Å². The number of carbonyl (C=O) groups excluding carboxylic acids is 2. The second-order valence-electron chi connectivity index (χ2n) is 3.98. The maximum absolute atomic E-state index is 11.5. The third-order valence-corrected chi connectivity index (χ3v) is 2.55. The number of ether oxygens (including phenoxy) is 3. The maximum Gasteiger partial charge on any atom is 0.331 e. The van der Waals surface area contributed by atoms with Gasteiger partial charge >= 0.3 is 5.97 Å². The van der Waals surface area contributed by atoms with Crippen molar-refractivity contribution in [1.29, 1.82) is 0 Å². The highest BCUT2D eigenvalue weighted by atomic mass is 16.5. The van der Waals surface area contributed by atoms with Gasteiger partial charge in [-0.2, -0.15) is 0 Å². The van der Waals surface area contributed by atoms with Crippen LogP contribution in [0, 0.1) is 0 Å². The Balaban J connectivity index is 2.68. The number of nitrogens with one attached hydrogen (secondary N) is 1. The van der Waals surface area contributed by atoms with Gasteiger partial charge in [-0.15, -0.1) is 0 Å². The average Bonchev–Trinajstić information content (AvgIpc) is 2.50. The van der Waals surface area contributed by atoms with E-state index in [1.807, 2.05) is 0 Å². The average molecular weight is 293 g/mol. The van der Waals surface area contributed by atoms with Crippen LogP contribution in [-0.2, 0) is 14.3 Å². The lowest BCUT2D eigenvalue weighted by molar-refractivity contribution is -0.143. The molecule has 0 atom stereocenters. The summed E-state index contributed by atoms with van der Waals surface area (Å²) in [5, 5.41) is 2.53. The first-order valence-electron chi connectivity index (χ1n) is 6.44. The monoisotopic (exact) mass is 293 g/mol. The molecule has 0 bridgehead atoms. The van der Waals surface area contributed by atoms with Crippen LogP contribution in [0.3, 0.4) is 0 Å². The molecule has 0 saturated heterocycles. The fourth-order valence-electron chi connectivity index (χ4n) is 1.63. The van der Waals surface area contributed by atoms with Gasteiger partial charge in [0.25, 0.3) is 5.91 Å². The minimum atomic E-state index is -0.605. The quantitative estimate of drug-likeness (QED) is 0.607. The van der Waals surface area contributed by atoms with E-state index < -0.39 is 5.97 Å². The Kier molecular flexibility index (Phi) is 6.80. The summed E-state index contributed by atoms with van der Waals surface area (Å²) >= 11 is 0. The predicted molar refractivity (Wildman–Crippen MR) is 78.2 cm³/mol. The normalized spacial score (nSPS) is 10.2. The predicted octanol–water partition coefficient (Wildman–Crippen LogP) is 1.40. The van der Waals surface area contributed by atoms with E-state index >= 15 is 0 Å². The van der Waals surface area contributed by atoms with Crippen LogP contribution in [0.25, 0.3) is 6.08 Å². The van der Waals surface area contributed by atoms with Gasteiger partial charge in [-0.05, 0) is 19.1 Å². The molecule has 0 aliphatic rings. The molecule has 0 aromatic heterocycles. The molecule has 21 heavy (non-hydrogen) atoms. The summed E-state index contributed by atoms with van der Waals surface area (Å²) in [6.07, 6.45) is 2.78. The summed E-state index contributed by atoms with van der Waals surface area (Å²) in [6, 6.07) is 5.31. The molecule has 1 aromatic rings. The van der Waals surface area contributed by atoms with Crippen LogP contribution >= 0.6 is 0 Å². The highest BCUT2D eigenvalue weighted by Crippen LogP contribution is 2.31. The zero-order chi connectivity index (χ0) is 15.7. The van der Waals surface area contributed by atoms with E-state index in [4.69, 9.17) is 14.2 Å². The van der Waals surface area contributed by atoms with Crippen molar-refractivity contribution >= 4 is 18.0 Å². The van der Waals surface area contributed by atoms with Crippen molar-refractivity contribution in [1.82, 2.24) is 5.32 Å². The van der Waals surface area contributed by atoms with Gasteiger partial charge in [0, 0.05) is 18.2 Å². The van der Waals surface area contributed by atoms with Crippen LogP contribution in [0.15, 0.2) is 24.3 Å². The number of methoxy groups -OCH3 is 2. The van der Waals surface area contributed by atoms with E-state index in [9.17, 15) is 9.59 Å². The third-order valence-electron chi connectivity index (χ3n) is 2.55. The van der Waals surface area contributed by atoms with E-state index in [-0.39, 0.29) is 12.5 Å². The van der Waals surface area contributed by atoms with Gasteiger partial charge in [0.15, 0.2) is 18.1 Å². The van der Waals surface area contributed by atoms with Crippen LogP contribution < -0.4 is 14.8 Å². The van der Waals surface area contributed by atoms with Crippen molar-refractivity contribution < 1.29 is 23.8 Å². The van der Waals surface area contributed by atoms with Crippen LogP contribution in [0.4, 0.5) is 0 Å². The SMILES string of the molecule is CCNC(=O)COC(=O)/C=C/c1cccc(OC)c1OC. The zero-order valence-corrected chi connectivity index (χ0v) is 12.3. The highest BCUT2D eigenvalue weighted by molar-refractivity contribution is 5.89. The van der Waals surface area contributed by atoms with Gasteiger partial charge in [-0.1, -0.05) is 12.1 Å². The largest absolute Gasteiger partial charge is 0.493 e. The molecule has 0 aliphatic carbocycles. The van der Waals surface area contributed by atoms with Crippen LogP contribution in [-0.4, -0.2) is 39.2 Å². The van der Waals surface area contributed by atoms with Gasteiger partial charge in [0.1, 0.15) is 0 Å². The highest BCUT2D eigenvalue weighted by Gasteiger charge is 2.08. The Morgan fingerprint density at radius 2 is 2.00 bits per heavy atom. The summed E-state index contributed by atoms with van der Waals surface area (Å²) in [4.78, 5) is 22.7. The lowest BCUT2D eigenvalue weighted by atomic mass is 10.1. The molecule has 114 valence electrons. The molecule has 0 fully saturated rings. The van der Waals surface area contributed by atoms with E-state index in [0.717, 1.165) is 0 Å². The molecular weight excluding hydrogens is 274 g/mol. The standard InChI is InChI=1S/C15H19NO5/c1-4-16-13(17)10-21-14(18)9-8-11-6-5-7-12(19-2)15(11)20-3/h5-9H,4,10H2,1-3H3,(H,16,17)/b9-8+. The van der Waals surface area contributed by atoms with E-state index in [0.29, 0.717) is 23.6 Å². The Morgan fingerprint density at radius 1 is 1.24 bits per heavy atom. The van der Waals surface area contributed by atoms with Crippen molar-refractivity contribution in [2.24, 2.45) is 0 Å². The van der Waals surface area contributed by atoms with E-state index in [1.54, 1.807) is 31.2 Å². The first-order chi connectivity index (χ1) is 10.1. The molecule has 0 spiro atoms. The Hall–Kier alpha value is -2.50. The molecule has 0 radical (unpaired) electrons. The lowest BCUT2D eigenvalue weighted by Gasteiger charge is -2.09. The fourth-order valence-corrected chi connectivity index (χ4v) is 1.63. The second-order valence-corrected chi connectivity index (χ2v) is 3.98. The summed E-state index contributed by atoms with van der Waals surface area (Å²) in [5.74, 6) is 0.146. The number of hydrogen-bond donors (Lipinski definition) is 1. The molecular formula is C15H19NO5. The maximum atomic E-state index is 11.5. The lowest BCUT2D eigenvalue weighted by Crippen LogP contribution is -2.28. The minimum Gasteiger partial charge on any atom is -0.493 e. The molecule has 6 heteroatoms. The van der Waals surface area contributed by atoms with Crippen molar-refractivity contribution in [3.63, 3.8) is 0 Å². The number of benzene rings is 1. The number of esters is 1. The zero-order valence-electron chi connectivity index (χ0n) is 12.3. The molecule has 1 rings (SSSR count). The third kappa shape index (κ3) is 5.18.